The van der Waals surface area contributed by atoms with Crippen LogP contribution in [0.3, 0.4) is 0 Å². The second-order valence-corrected chi connectivity index (χ2v) is 6.22. The van der Waals surface area contributed by atoms with E-state index in [9.17, 15) is 19.2 Å². The van der Waals surface area contributed by atoms with E-state index in [2.05, 4.69) is 20.6 Å². The number of fused-ring (bicyclic) bond motifs is 1. The molecule has 9 heteroatoms. The normalized spacial score (nSPS) is 10.6. The summed E-state index contributed by atoms with van der Waals surface area (Å²) in [6.45, 7) is 2.97. The Balaban J connectivity index is 1.74. The van der Waals surface area contributed by atoms with E-state index in [0.717, 1.165) is 0 Å². The summed E-state index contributed by atoms with van der Waals surface area (Å²) in [5, 5.41) is 5.05. The Hall–Kier alpha value is -3.23. The van der Waals surface area contributed by atoms with Crippen molar-refractivity contribution in [3.63, 3.8) is 0 Å². The number of benzene rings is 1. The molecule has 3 amide bonds. The van der Waals surface area contributed by atoms with Gasteiger partial charge >= 0.3 is 12.0 Å². The molecule has 2 rings (SSSR count). The molecule has 1 aromatic heterocycles. The second-order valence-electron chi connectivity index (χ2n) is 6.22. The topological polar surface area (TPSA) is 130 Å². The third-order valence-electron chi connectivity index (χ3n) is 3.49. The van der Waals surface area contributed by atoms with Gasteiger partial charge in [-0.2, -0.15) is 0 Å². The Morgan fingerprint density at radius 2 is 1.96 bits per heavy atom. The summed E-state index contributed by atoms with van der Waals surface area (Å²) in [5.74, 6) is -0.797. The van der Waals surface area contributed by atoms with Gasteiger partial charge in [-0.25, -0.2) is 9.78 Å². The van der Waals surface area contributed by atoms with Crippen molar-refractivity contribution >= 4 is 28.8 Å². The summed E-state index contributed by atoms with van der Waals surface area (Å²) in [4.78, 5) is 53.5. The molecule has 0 radical (unpaired) electrons. The van der Waals surface area contributed by atoms with Crippen LogP contribution >= 0.6 is 0 Å². The molecule has 0 aliphatic carbocycles. The molecular formula is C18H22N4O5. The van der Waals surface area contributed by atoms with Crippen LogP contribution in [-0.4, -0.2) is 40.5 Å². The maximum absolute atomic E-state index is 12.0. The van der Waals surface area contributed by atoms with E-state index in [1.54, 1.807) is 38.1 Å². The molecule has 0 atom stereocenters. The zero-order valence-corrected chi connectivity index (χ0v) is 15.2. The van der Waals surface area contributed by atoms with Crippen LogP contribution in [0.2, 0.25) is 0 Å². The minimum absolute atomic E-state index is 0.0575. The van der Waals surface area contributed by atoms with Crippen molar-refractivity contribution in [1.29, 1.82) is 0 Å². The van der Waals surface area contributed by atoms with Crippen LogP contribution in [0.5, 0.6) is 0 Å². The van der Waals surface area contributed by atoms with Gasteiger partial charge in [0.2, 0.25) is 0 Å². The average molecular weight is 374 g/mol. The van der Waals surface area contributed by atoms with Crippen molar-refractivity contribution in [2.24, 2.45) is 0 Å². The van der Waals surface area contributed by atoms with Crippen LogP contribution in [-0.2, 0) is 20.7 Å². The second kappa shape index (κ2) is 9.46. The third-order valence-corrected chi connectivity index (χ3v) is 3.49. The molecule has 0 unspecified atom stereocenters. The minimum atomic E-state index is -0.706. The van der Waals surface area contributed by atoms with Crippen molar-refractivity contribution < 1.29 is 19.1 Å². The van der Waals surface area contributed by atoms with Gasteiger partial charge in [-0.3, -0.25) is 19.7 Å². The lowest BCUT2D eigenvalue weighted by Crippen LogP contribution is -2.44. The first-order valence-electron chi connectivity index (χ1n) is 8.59. The Kier molecular flexibility index (Phi) is 7.04. The fourth-order valence-corrected chi connectivity index (χ4v) is 2.33. The van der Waals surface area contributed by atoms with Crippen LogP contribution in [0.1, 0.15) is 32.5 Å². The van der Waals surface area contributed by atoms with Crippen LogP contribution in [0.4, 0.5) is 4.79 Å². The average Bonchev–Trinajstić information content (AvgIpc) is 2.59. The summed E-state index contributed by atoms with van der Waals surface area (Å²) < 4.78 is 4.82. The number of nitrogens with one attached hydrogen (secondary N) is 3. The number of imide groups is 1. The molecule has 0 saturated carbocycles. The molecule has 0 spiro atoms. The molecule has 27 heavy (non-hydrogen) atoms. The number of carbonyl (C=O) groups is 3. The molecule has 0 aliphatic rings. The van der Waals surface area contributed by atoms with Crippen molar-refractivity contribution in [3.05, 3.63) is 40.4 Å². The molecule has 3 N–H and O–H groups in total. The quantitative estimate of drug-likeness (QED) is 0.621. The summed E-state index contributed by atoms with van der Waals surface area (Å²) in [6.07, 6.45) is 0.843. The highest BCUT2D eigenvalue weighted by atomic mass is 16.5. The number of carbonyl (C=O) groups excluding carboxylic acids is 3. The van der Waals surface area contributed by atoms with Gasteiger partial charge in [-0.05, 0) is 32.4 Å². The standard InChI is InChI=1S/C18H22N4O5/c1-11(2)19-18(26)22-15(23)10-27-16(24)9-5-8-14-20-13-7-4-3-6-12(13)17(25)21-14/h3-4,6-7,11H,5,8-10H2,1-2H3,(H,20,21,25)(H2,19,22,23,26). The molecule has 2 aromatic rings. The van der Waals surface area contributed by atoms with Crippen molar-refractivity contribution in [1.82, 2.24) is 20.6 Å². The lowest BCUT2D eigenvalue weighted by Gasteiger charge is -2.09. The van der Waals surface area contributed by atoms with Gasteiger partial charge in [0.1, 0.15) is 5.82 Å². The fraction of sp³-hybridized carbons (Fsp3) is 0.389. The number of esters is 1. The van der Waals surface area contributed by atoms with Gasteiger partial charge in [0, 0.05) is 18.9 Å². The van der Waals surface area contributed by atoms with E-state index in [-0.39, 0.29) is 18.0 Å². The first-order chi connectivity index (χ1) is 12.8. The zero-order valence-electron chi connectivity index (χ0n) is 15.2. The lowest BCUT2D eigenvalue weighted by molar-refractivity contribution is -0.148. The predicted molar refractivity (Wildman–Crippen MR) is 98.1 cm³/mol. The molecule has 0 bridgehead atoms. The molecule has 144 valence electrons. The highest BCUT2D eigenvalue weighted by Gasteiger charge is 2.12. The SMILES string of the molecule is CC(C)NC(=O)NC(=O)COC(=O)CCCc1nc2ccccc2c(=O)[nH]1. The molecule has 0 aliphatic heterocycles. The van der Waals surface area contributed by atoms with Gasteiger partial charge < -0.3 is 15.0 Å². The maximum atomic E-state index is 12.0. The van der Waals surface area contributed by atoms with E-state index < -0.39 is 24.5 Å². The van der Waals surface area contributed by atoms with Gasteiger partial charge in [0.25, 0.3) is 11.5 Å². The fourth-order valence-electron chi connectivity index (χ4n) is 2.33. The number of amides is 3. The highest BCUT2D eigenvalue weighted by Crippen LogP contribution is 2.07. The first kappa shape index (κ1) is 20.1. The number of hydrogen-bond donors (Lipinski definition) is 3. The van der Waals surface area contributed by atoms with Crippen LogP contribution in [0, 0.1) is 0 Å². The Labute approximate surface area is 155 Å². The van der Waals surface area contributed by atoms with E-state index in [4.69, 9.17) is 4.74 Å². The Bertz CT molecular complexity index is 891. The predicted octanol–water partition coefficient (Wildman–Crippen LogP) is 1.02. The molecule has 0 saturated heterocycles. The number of rotatable bonds is 7. The van der Waals surface area contributed by atoms with Crippen molar-refractivity contribution in [3.8, 4) is 0 Å². The van der Waals surface area contributed by atoms with Gasteiger partial charge in [-0.15, -0.1) is 0 Å². The van der Waals surface area contributed by atoms with Crippen molar-refractivity contribution in [2.45, 2.75) is 39.2 Å². The van der Waals surface area contributed by atoms with Crippen molar-refractivity contribution in [2.75, 3.05) is 6.61 Å². The number of urea groups is 1. The summed E-state index contributed by atoms with van der Waals surface area (Å²) in [6, 6.07) is 6.23. The molecule has 1 aromatic carbocycles. The van der Waals surface area contributed by atoms with E-state index in [0.29, 0.717) is 29.6 Å². The monoisotopic (exact) mass is 374 g/mol. The van der Waals surface area contributed by atoms with E-state index in [1.807, 2.05) is 0 Å². The number of para-hydroxylation sites is 1. The minimum Gasteiger partial charge on any atom is -0.456 e. The van der Waals surface area contributed by atoms with Gasteiger partial charge in [-0.1, -0.05) is 12.1 Å². The van der Waals surface area contributed by atoms with Crippen LogP contribution < -0.4 is 16.2 Å². The van der Waals surface area contributed by atoms with Crippen LogP contribution in [0.15, 0.2) is 29.1 Å². The molecule has 1 heterocycles. The number of aromatic nitrogens is 2. The highest BCUT2D eigenvalue weighted by molar-refractivity contribution is 5.95. The summed E-state index contributed by atoms with van der Waals surface area (Å²) in [7, 11) is 0. The van der Waals surface area contributed by atoms with Crippen LogP contribution in [0.25, 0.3) is 10.9 Å². The van der Waals surface area contributed by atoms with Gasteiger partial charge in [0.15, 0.2) is 6.61 Å². The van der Waals surface area contributed by atoms with Gasteiger partial charge in [0.05, 0.1) is 10.9 Å². The summed E-state index contributed by atoms with van der Waals surface area (Å²) in [5.41, 5.74) is 0.365. The Morgan fingerprint density at radius 1 is 1.22 bits per heavy atom. The van der Waals surface area contributed by atoms with E-state index >= 15 is 0 Å². The maximum Gasteiger partial charge on any atom is 0.321 e. The zero-order chi connectivity index (χ0) is 19.8. The number of nitrogens with zero attached hydrogens (tertiary/aromatic N) is 1. The summed E-state index contributed by atoms with van der Waals surface area (Å²) >= 11 is 0. The number of hydrogen-bond acceptors (Lipinski definition) is 6. The number of aromatic amines is 1. The molecule has 0 fully saturated rings. The lowest BCUT2D eigenvalue weighted by atomic mass is 10.2. The largest absolute Gasteiger partial charge is 0.456 e. The number of ether oxygens (including phenoxy) is 1. The smallest absolute Gasteiger partial charge is 0.321 e. The first-order valence-corrected chi connectivity index (χ1v) is 8.59. The Morgan fingerprint density at radius 3 is 2.70 bits per heavy atom. The number of H-pyrrole nitrogens is 1. The van der Waals surface area contributed by atoms with E-state index in [1.165, 1.54) is 0 Å². The molecule has 9 nitrogen and oxygen atoms in total. The third kappa shape index (κ3) is 6.53. The number of aryl methyl sites for hydroxylation is 1. The molecular weight excluding hydrogens is 352 g/mol.